The number of anilines is 1. The molecule has 0 saturated heterocycles. The summed E-state index contributed by atoms with van der Waals surface area (Å²) in [6, 6.07) is 5.17. The van der Waals surface area contributed by atoms with Gasteiger partial charge < -0.3 is 10.6 Å². The Hall–Kier alpha value is -1.15. The number of halogens is 1. The number of carbonyl (C=O) groups is 1. The second kappa shape index (κ2) is 7.39. The summed E-state index contributed by atoms with van der Waals surface area (Å²) in [5.74, 6) is -0.0625. The van der Waals surface area contributed by atoms with Gasteiger partial charge in [0.25, 0.3) is 0 Å². The van der Waals surface area contributed by atoms with Crippen molar-refractivity contribution in [1.29, 1.82) is 0 Å². The molecule has 134 valence electrons. The minimum absolute atomic E-state index is 0. The number of rotatable bonds is 3. The highest BCUT2D eigenvalue weighted by molar-refractivity contribution is 7.89. The predicted molar refractivity (Wildman–Crippen MR) is 96.0 cm³/mol. The molecule has 1 aliphatic heterocycles. The van der Waals surface area contributed by atoms with E-state index in [-0.39, 0.29) is 35.3 Å². The van der Waals surface area contributed by atoms with Crippen molar-refractivity contribution in [3.63, 3.8) is 0 Å². The largest absolute Gasteiger partial charge is 0.328 e. The van der Waals surface area contributed by atoms with Gasteiger partial charge in [0.1, 0.15) is 0 Å². The number of hydrogen-bond donors (Lipinski definition) is 2. The molecule has 1 fully saturated rings. The Morgan fingerprint density at radius 3 is 2.54 bits per heavy atom. The zero-order valence-electron chi connectivity index (χ0n) is 13.7. The van der Waals surface area contributed by atoms with Crippen LogP contribution in [0.25, 0.3) is 0 Å². The lowest BCUT2D eigenvalue weighted by molar-refractivity contribution is -0.116. The van der Waals surface area contributed by atoms with Crippen molar-refractivity contribution in [3.8, 4) is 0 Å². The predicted octanol–water partition coefficient (Wildman–Crippen LogP) is 1.57. The molecule has 1 amide bonds. The van der Waals surface area contributed by atoms with Gasteiger partial charge in [-0.2, -0.15) is 0 Å². The summed E-state index contributed by atoms with van der Waals surface area (Å²) in [7, 11) is -3.58. The van der Waals surface area contributed by atoms with Crippen LogP contribution in [0.1, 0.15) is 38.2 Å². The second-order valence-corrected chi connectivity index (χ2v) is 8.16. The lowest BCUT2D eigenvalue weighted by Crippen LogP contribution is -2.40. The monoisotopic (exact) mass is 373 g/mol. The molecule has 1 heterocycles. The van der Waals surface area contributed by atoms with Gasteiger partial charge in [0.15, 0.2) is 0 Å². The molecular weight excluding hydrogens is 350 g/mol. The second-order valence-electron chi connectivity index (χ2n) is 6.44. The van der Waals surface area contributed by atoms with Gasteiger partial charge >= 0.3 is 0 Å². The molecule has 8 heteroatoms. The highest BCUT2D eigenvalue weighted by atomic mass is 35.5. The summed E-state index contributed by atoms with van der Waals surface area (Å²) in [4.78, 5) is 13.5. The molecule has 2 aliphatic rings. The third kappa shape index (κ3) is 3.91. The van der Waals surface area contributed by atoms with E-state index in [0.29, 0.717) is 12.2 Å². The molecule has 3 rings (SSSR count). The van der Waals surface area contributed by atoms with Crippen LogP contribution >= 0.6 is 12.4 Å². The quantitative estimate of drug-likeness (QED) is 0.841. The number of nitrogens with two attached hydrogens (primary N) is 1. The Bertz CT molecular complexity index is 715. The van der Waals surface area contributed by atoms with Crippen molar-refractivity contribution in [2.45, 2.75) is 56.0 Å². The van der Waals surface area contributed by atoms with Gasteiger partial charge in [-0.25, -0.2) is 13.1 Å². The number of sulfonamides is 1. The number of nitrogens with zero attached hydrogens (tertiary/aromatic N) is 1. The van der Waals surface area contributed by atoms with Crippen LogP contribution in [-0.4, -0.2) is 33.0 Å². The van der Waals surface area contributed by atoms with E-state index < -0.39 is 10.0 Å². The van der Waals surface area contributed by atoms with Crippen LogP contribution in [0.5, 0.6) is 0 Å². The molecular formula is C16H24ClN3O3S. The van der Waals surface area contributed by atoms with Gasteiger partial charge in [-0.05, 0) is 49.8 Å². The standard InChI is InChI=1S/C16H23N3O3S.ClH/c1-11(20)19-9-8-12-2-7-15(10-16(12)19)23(21,22)18-14-5-3-13(17)4-6-14;/h2,7,10,13-14,18H,3-6,8-9,17H2,1H3;1H. The van der Waals surface area contributed by atoms with Crippen LogP contribution in [0, 0.1) is 0 Å². The van der Waals surface area contributed by atoms with E-state index in [9.17, 15) is 13.2 Å². The van der Waals surface area contributed by atoms with E-state index in [4.69, 9.17) is 5.73 Å². The minimum atomic E-state index is -3.58. The Kier molecular flexibility index (Phi) is 5.91. The molecule has 1 aromatic carbocycles. The average molecular weight is 374 g/mol. The maximum Gasteiger partial charge on any atom is 0.240 e. The van der Waals surface area contributed by atoms with E-state index in [1.54, 1.807) is 17.0 Å². The summed E-state index contributed by atoms with van der Waals surface area (Å²) in [6.45, 7) is 2.11. The van der Waals surface area contributed by atoms with Crippen LogP contribution in [0.15, 0.2) is 23.1 Å². The fourth-order valence-corrected chi connectivity index (χ4v) is 4.70. The van der Waals surface area contributed by atoms with Crippen molar-refractivity contribution >= 4 is 34.0 Å². The molecule has 3 N–H and O–H groups in total. The molecule has 0 unspecified atom stereocenters. The Morgan fingerprint density at radius 2 is 1.92 bits per heavy atom. The van der Waals surface area contributed by atoms with Crippen LogP contribution in [0.4, 0.5) is 5.69 Å². The number of carbonyl (C=O) groups excluding carboxylic acids is 1. The molecule has 1 aromatic rings. The van der Waals surface area contributed by atoms with Crippen molar-refractivity contribution in [1.82, 2.24) is 4.72 Å². The number of hydrogen-bond acceptors (Lipinski definition) is 4. The van der Waals surface area contributed by atoms with Gasteiger partial charge in [0, 0.05) is 31.2 Å². The van der Waals surface area contributed by atoms with E-state index in [1.165, 1.54) is 6.92 Å². The molecule has 1 saturated carbocycles. The number of benzene rings is 1. The maximum absolute atomic E-state index is 12.6. The molecule has 6 nitrogen and oxygen atoms in total. The minimum Gasteiger partial charge on any atom is -0.328 e. The van der Waals surface area contributed by atoms with Gasteiger partial charge in [-0.3, -0.25) is 4.79 Å². The van der Waals surface area contributed by atoms with Gasteiger partial charge in [-0.15, -0.1) is 12.4 Å². The topological polar surface area (TPSA) is 92.5 Å². The average Bonchev–Trinajstić information content (AvgIpc) is 2.92. The Morgan fingerprint density at radius 1 is 1.25 bits per heavy atom. The smallest absolute Gasteiger partial charge is 0.240 e. The third-order valence-electron chi connectivity index (χ3n) is 4.74. The molecule has 0 bridgehead atoms. The van der Waals surface area contributed by atoms with Gasteiger partial charge in [-0.1, -0.05) is 6.07 Å². The lowest BCUT2D eigenvalue weighted by atomic mass is 9.93. The number of fused-ring (bicyclic) bond motifs is 1. The molecule has 0 aromatic heterocycles. The highest BCUT2D eigenvalue weighted by Crippen LogP contribution is 2.31. The highest BCUT2D eigenvalue weighted by Gasteiger charge is 2.27. The third-order valence-corrected chi connectivity index (χ3v) is 6.25. The SMILES string of the molecule is CC(=O)N1CCc2ccc(S(=O)(=O)NC3CCC(N)CC3)cc21.Cl. The van der Waals surface area contributed by atoms with Crippen LogP contribution in [0.2, 0.25) is 0 Å². The Labute approximate surface area is 149 Å². The first-order valence-electron chi connectivity index (χ1n) is 8.06. The molecule has 1 aliphatic carbocycles. The van der Waals surface area contributed by atoms with Crippen LogP contribution in [-0.2, 0) is 21.2 Å². The van der Waals surface area contributed by atoms with E-state index in [0.717, 1.165) is 37.7 Å². The fourth-order valence-electron chi connectivity index (χ4n) is 3.38. The number of nitrogens with one attached hydrogen (secondary N) is 1. The zero-order valence-corrected chi connectivity index (χ0v) is 15.3. The fraction of sp³-hybridized carbons (Fsp3) is 0.562. The van der Waals surface area contributed by atoms with Crippen molar-refractivity contribution < 1.29 is 13.2 Å². The van der Waals surface area contributed by atoms with E-state index >= 15 is 0 Å². The molecule has 0 atom stereocenters. The lowest BCUT2D eigenvalue weighted by Gasteiger charge is -2.26. The summed E-state index contributed by atoms with van der Waals surface area (Å²) in [5.41, 5.74) is 7.59. The van der Waals surface area contributed by atoms with Crippen molar-refractivity contribution in [2.24, 2.45) is 5.73 Å². The van der Waals surface area contributed by atoms with Gasteiger partial charge in [0.2, 0.25) is 15.9 Å². The van der Waals surface area contributed by atoms with E-state index in [2.05, 4.69) is 4.72 Å². The maximum atomic E-state index is 12.6. The summed E-state index contributed by atoms with van der Waals surface area (Å²) < 4.78 is 28.0. The number of amides is 1. The van der Waals surface area contributed by atoms with Crippen molar-refractivity contribution in [3.05, 3.63) is 23.8 Å². The Balaban J connectivity index is 0.00000208. The first kappa shape index (κ1) is 19.2. The first-order chi connectivity index (χ1) is 10.9. The zero-order chi connectivity index (χ0) is 16.6. The molecule has 0 spiro atoms. The van der Waals surface area contributed by atoms with Crippen LogP contribution in [0.3, 0.4) is 0 Å². The van der Waals surface area contributed by atoms with E-state index in [1.807, 2.05) is 6.07 Å². The van der Waals surface area contributed by atoms with Gasteiger partial charge in [0.05, 0.1) is 4.90 Å². The first-order valence-corrected chi connectivity index (χ1v) is 9.54. The summed E-state index contributed by atoms with van der Waals surface area (Å²) in [6.07, 6.45) is 3.99. The normalized spacial score (nSPS) is 23.5. The summed E-state index contributed by atoms with van der Waals surface area (Å²) in [5, 5.41) is 0. The van der Waals surface area contributed by atoms with Crippen LogP contribution < -0.4 is 15.4 Å². The summed E-state index contributed by atoms with van der Waals surface area (Å²) >= 11 is 0. The molecule has 24 heavy (non-hydrogen) atoms. The molecule has 0 radical (unpaired) electrons. The van der Waals surface area contributed by atoms with Crippen molar-refractivity contribution in [2.75, 3.05) is 11.4 Å².